The number of benzene rings is 1. The number of para-hydroxylation sites is 1. The molecule has 2 aromatic rings. The number of thioether (sulfide) groups is 1. The molecular formula is C22H26N4O2S. The molecule has 1 amide bonds. The number of carbonyl (C=O) groups is 1. The van der Waals surface area contributed by atoms with Crippen LogP contribution in [0.3, 0.4) is 0 Å². The van der Waals surface area contributed by atoms with Crippen molar-refractivity contribution >= 4 is 28.6 Å². The van der Waals surface area contributed by atoms with Crippen molar-refractivity contribution in [3.05, 3.63) is 47.3 Å². The number of hydrogen-bond donors (Lipinski definition) is 0. The summed E-state index contributed by atoms with van der Waals surface area (Å²) in [7, 11) is 1.72. The van der Waals surface area contributed by atoms with E-state index < -0.39 is 10.8 Å². The van der Waals surface area contributed by atoms with Crippen molar-refractivity contribution in [3.63, 3.8) is 0 Å². The maximum absolute atomic E-state index is 13.1. The van der Waals surface area contributed by atoms with Crippen LogP contribution < -0.4 is 5.56 Å². The summed E-state index contributed by atoms with van der Waals surface area (Å²) in [6.45, 7) is 5.85. The van der Waals surface area contributed by atoms with Crippen LogP contribution >= 0.6 is 11.8 Å². The average molecular weight is 411 g/mol. The first kappa shape index (κ1) is 21.1. The molecule has 3 rings (SSSR count). The Morgan fingerprint density at radius 1 is 1.41 bits per heavy atom. The molecular weight excluding hydrogens is 384 g/mol. The lowest BCUT2D eigenvalue weighted by atomic mass is 9.81. The summed E-state index contributed by atoms with van der Waals surface area (Å²) in [5.41, 5.74) is -0.275. The third-order valence-electron chi connectivity index (χ3n) is 5.63. The van der Waals surface area contributed by atoms with Gasteiger partial charge in [0.25, 0.3) is 5.56 Å². The van der Waals surface area contributed by atoms with E-state index in [4.69, 9.17) is 0 Å². The lowest BCUT2D eigenvalue weighted by Gasteiger charge is -2.40. The van der Waals surface area contributed by atoms with Gasteiger partial charge in [0.2, 0.25) is 5.91 Å². The Bertz CT molecular complexity index is 1020. The fourth-order valence-corrected chi connectivity index (χ4v) is 4.89. The minimum absolute atomic E-state index is 0.119. The number of hydrogen-bond acceptors (Lipinski definition) is 5. The highest BCUT2D eigenvalue weighted by atomic mass is 32.2. The van der Waals surface area contributed by atoms with Gasteiger partial charge in [0.15, 0.2) is 5.16 Å². The van der Waals surface area contributed by atoms with Crippen LogP contribution in [0.15, 0.2) is 46.9 Å². The molecule has 1 aromatic carbocycles. The highest BCUT2D eigenvalue weighted by Crippen LogP contribution is 2.34. The standard InChI is InChI=1S/C22H26N4O2S/c1-4-14-26-20(28)17-10-6-7-11-18(17)24-21(26)29-16(2)19(27)25(3)22(15-23)12-8-5-9-13-22/h4,6-7,10-11,16H,1,5,8-9,12-14H2,2-3H3/t16-/m1/s1. The Morgan fingerprint density at radius 3 is 2.76 bits per heavy atom. The zero-order chi connectivity index (χ0) is 21.0. The molecule has 0 saturated heterocycles. The van der Waals surface area contributed by atoms with E-state index in [9.17, 15) is 14.9 Å². The molecule has 0 unspecified atom stereocenters. The van der Waals surface area contributed by atoms with Crippen molar-refractivity contribution in [2.75, 3.05) is 7.05 Å². The van der Waals surface area contributed by atoms with E-state index in [2.05, 4.69) is 17.6 Å². The Hall–Kier alpha value is -2.59. The lowest BCUT2D eigenvalue weighted by molar-refractivity contribution is -0.133. The smallest absolute Gasteiger partial charge is 0.262 e. The first-order valence-electron chi connectivity index (χ1n) is 9.89. The second-order valence-corrected chi connectivity index (χ2v) is 8.79. The van der Waals surface area contributed by atoms with Gasteiger partial charge in [-0.2, -0.15) is 5.26 Å². The molecule has 29 heavy (non-hydrogen) atoms. The molecule has 1 aliphatic rings. The predicted octanol–water partition coefficient (Wildman–Crippen LogP) is 3.75. The molecule has 7 heteroatoms. The van der Waals surface area contributed by atoms with Gasteiger partial charge >= 0.3 is 0 Å². The zero-order valence-electron chi connectivity index (χ0n) is 16.9. The van der Waals surface area contributed by atoms with Crippen LogP contribution in [0.25, 0.3) is 10.9 Å². The quantitative estimate of drug-likeness (QED) is 0.412. The van der Waals surface area contributed by atoms with Gasteiger partial charge in [0.1, 0.15) is 5.54 Å². The molecule has 0 aliphatic heterocycles. The van der Waals surface area contributed by atoms with Crippen molar-refractivity contribution in [2.45, 2.75) is 61.5 Å². The molecule has 1 heterocycles. The normalized spacial score (nSPS) is 16.7. The molecule has 0 N–H and O–H groups in total. The Kier molecular flexibility index (Phi) is 6.43. The first-order valence-corrected chi connectivity index (χ1v) is 10.8. The molecule has 1 atom stereocenters. The summed E-state index contributed by atoms with van der Waals surface area (Å²) in [5.74, 6) is -0.119. The summed E-state index contributed by atoms with van der Waals surface area (Å²) in [6.07, 6.45) is 6.07. The van der Waals surface area contributed by atoms with Crippen LogP contribution in [0.1, 0.15) is 39.0 Å². The van der Waals surface area contributed by atoms with Crippen LogP contribution in [-0.4, -0.2) is 38.2 Å². The van der Waals surface area contributed by atoms with Gasteiger partial charge in [-0.25, -0.2) is 4.98 Å². The fourth-order valence-electron chi connectivity index (χ4n) is 3.88. The van der Waals surface area contributed by atoms with E-state index in [1.54, 1.807) is 41.6 Å². The SMILES string of the molecule is C=CCn1c(S[C@H](C)C(=O)N(C)C2(C#N)CCCCC2)nc2ccccc2c1=O. The third-order valence-corrected chi connectivity index (χ3v) is 6.71. The van der Waals surface area contributed by atoms with Gasteiger partial charge in [-0.1, -0.05) is 49.2 Å². The molecule has 1 aromatic heterocycles. The van der Waals surface area contributed by atoms with Gasteiger partial charge < -0.3 is 4.90 Å². The van der Waals surface area contributed by atoms with Gasteiger partial charge in [-0.05, 0) is 31.9 Å². The van der Waals surface area contributed by atoms with Gasteiger partial charge in [-0.15, -0.1) is 6.58 Å². The van der Waals surface area contributed by atoms with E-state index >= 15 is 0 Å². The molecule has 0 bridgehead atoms. The molecule has 152 valence electrons. The van der Waals surface area contributed by atoms with E-state index in [0.29, 0.717) is 35.4 Å². The maximum atomic E-state index is 13.1. The van der Waals surface area contributed by atoms with E-state index in [-0.39, 0.29) is 11.5 Å². The van der Waals surface area contributed by atoms with E-state index in [0.717, 1.165) is 19.3 Å². The molecule has 1 saturated carbocycles. The number of allylic oxidation sites excluding steroid dienone is 1. The van der Waals surface area contributed by atoms with Crippen LogP contribution in [0.5, 0.6) is 0 Å². The summed E-state index contributed by atoms with van der Waals surface area (Å²) in [4.78, 5) is 32.3. The van der Waals surface area contributed by atoms with E-state index in [1.807, 2.05) is 12.1 Å². The third kappa shape index (κ3) is 4.08. The highest BCUT2D eigenvalue weighted by Gasteiger charge is 2.40. The highest BCUT2D eigenvalue weighted by molar-refractivity contribution is 8.00. The average Bonchev–Trinajstić information content (AvgIpc) is 2.75. The summed E-state index contributed by atoms with van der Waals surface area (Å²) < 4.78 is 1.55. The Morgan fingerprint density at radius 2 is 2.10 bits per heavy atom. The molecule has 6 nitrogen and oxygen atoms in total. The number of carbonyl (C=O) groups excluding carboxylic acids is 1. The molecule has 0 radical (unpaired) electrons. The van der Waals surface area contributed by atoms with Crippen molar-refractivity contribution in [3.8, 4) is 6.07 Å². The van der Waals surface area contributed by atoms with Crippen molar-refractivity contribution < 1.29 is 4.79 Å². The number of nitrogens with zero attached hydrogens (tertiary/aromatic N) is 4. The second kappa shape index (κ2) is 8.83. The number of aromatic nitrogens is 2. The Labute approximate surface area is 175 Å². The number of amides is 1. The van der Waals surface area contributed by atoms with Gasteiger partial charge in [0, 0.05) is 13.6 Å². The number of nitriles is 1. The molecule has 0 spiro atoms. The summed E-state index contributed by atoms with van der Waals surface area (Å²) in [6, 6.07) is 9.59. The minimum Gasteiger partial charge on any atom is -0.326 e. The first-order chi connectivity index (χ1) is 13.9. The van der Waals surface area contributed by atoms with Crippen molar-refractivity contribution in [1.82, 2.24) is 14.5 Å². The monoisotopic (exact) mass is 410 g/mol. The van der Waals surface area contributed by atoms with Gasteiger partial charge in [0.05, 0.1) is 22.2 Å². The second-order valence-electron chi connectivity index (χ2n) is 7.48. The van der Waals surface area contributed by atoms with Gasteiger partial charge in [-0.3, -0.25) is 14.2 Å². The summed E-state index contributed by atoms with van der Waals surface area (Å²) in [5, 5.41) is 10.3. The van der Waals surface area contributed by atoms with Crippen LogP contribution in [0.4, 0.5) is 0 Å². The number of fused-ring (bicyclic) bond motifs is 1. The summed E-state index contributed by atoms with van der Waals surface area (Å²) >= 11 is 1.25. The topological polar surface area (TPSA) is 79.0 Å². The fraction of sp³-hybridized carbons (Fsp3) is 0.455. The van der Waals surface area contributed by atoms with Crippen LogP contribution in [0.2, 0.25) is 0 Å². The number of rotatable bonds is 6. The lowest BCUT2D eigenvalue weighted by Crippen LogP contribution is -2.52. The van der Waals surface area contributed by atoms with Crippen molar-refractivity contribution in [2.24, 2.45) is 0 Å². The maximum Gasteiger partial charge on any atom is 0.262 e. The van der Waals surface area contributed by atoms with E-state index in [1.165, 1.54) is 11.8 Å². The molecule has 1 aliphatic carbocycles. The van der Waals surface area contributed by atoms with Crippen LogP contribution in [-0.2, 0) is 11.3 Å². The zero-order valence-corrected chi connectivity index (χ0v) is 17.7. The van der Waals surface area contributed by atoms with Crippen LogP contribution in [0, 0.1) is 11.3 Å². The minimum atomic E-state index is -0.734. The van der Waals surface area contributed by atoms with Crippen molar-refractivity contribution in [1.29, 1.82) is 5.26 Å². The Balaban J connectivity index is 1.90. The largest absolute Gasteiger partial charge is 0.326 e. The predicted molar refractivity (Wildman–Crippen MR) is 116 cm³/mol. The molecule has 1 fully saturated rings.